The molecule has 0 saturated heterocycles. The van der Waals surface area contributed by atoms with Crippen molar-refractivity contribution < 1.29 is 9.18 Å². The zero-order valence-corrected chi connectivity index (χ0v) is 13.2. The van der Waals surface area contributed by atoms with Gasteiger partial charge in [0.2, 0.25) is 5.91 Å². The van der Waals surface area contributed by atoms with Gasteiger partial charge in [-0.25, -0.2) is 4.39 Å². The van der Waals surface area contributed by atoms with E-state index in [1.807, 2.05) is 0 Å². The second kappa shape index (κ2) is 6.80. The zero-order chi connectivity index (χ0) is 15.4. The molecule has 0 aromatic heterocycles. The van der Waals surface area contributed by atoms with Crippen molar-refractivity contribution in [1.29, 1.82) is 0 Å². The van der Waals surface area contributed by atoms with Gasteiger partial charge in [-0.2, -0.15) is 0 Å². The van der Waals surface area contributed by atoms with Gasteiger partial charge in [0.1, 0.15) is 5.82 Å². The summed E-state index contributed by atoms with van der Waals surface area (Å²) in [6.07, 6.45) is 10.3. The van der Waals surface area contributed by atoms with Crippen LogP contribution in [0.5, 0.6) is 0 Å². The molecule has 120 valence electrons. The summed E-state index contributed by atoms with van der Waals surface area (Å²) >= 11 is 0. The van der Waals surface area contributed by atoms with Crippen molar-refractivity contribution in [3.05, 3.63) is 35.6 Å². The summed E-state index contributed by atoms with van der Waals surface area (Å²) in [6, 6.07) is 6.54. The first-order valence-electron chi connectivity index (χ1n) is 8.75. The average Bonchev–Trinajstić information content (AvgIpc) is 3.05. The predicted molar refractivity (Wildman–Crippen MR) is 86.1 cm³/mol. The summed E-state index contributed by atoms with van der Waals surface area (Å²) in [4.78, 5) is 12.9. The van der Waals surface area contributed by atoms with E-state index in [9.17, 15) is 9.18 Å². The maximum absolute atomic E-state index is 13.2. The zero-order valence-electron chi connectivity index (χ0n) is 13.2. The van der Waals surface area contributed by atoms with Crippen LogP contribution in [0.1, 0.15) is 63.4 Å². The quantitative estimate of drug-likeness (QED) is 0.881. The molecule has 3 heteroatoms. The molecule has 2 aliphatic rings. The number of carbonyl (C=O) groups excluding carboxylic acids is 1. The van der Waals surface area contributed by atoms with E-state index < -0.39 is 5.41 Å². The summed E-state index contributed by atoms with van der Waals surface area (Å²) in [5.74, 6) is 0.561. The van der Waals surface area contributed by atoms with E-state index in [0.29, 0.717) is 5.92 Å². The van der Waals surface area contributed by atoms with Crippen molar-refractivity contribution in [2.75, 3.05) is 6.54 Å². The van der Waals surface area contributed by atoms with E-state index in [0.717, 1.165) is 37.8 Å². The summed E-state index contributed by atoms with van der Waals surface area (Å²) in [5, 5.41) is 3.22. The lowest BCUT2D eigenvalue weighted by molar-refractivity contribution is -0.126. The lowest BCUT2D eigenvalue weighted by Crippen LogP contribution is -2.44. The Labute approximate surface area is 132 Å². The SMILES string of the molecule is O=C(NCC1CCCCC1)C1(c2ccc(F)cc2)CCCC1. The van der Waals surface area contributed by atoms with E-state index in [-0.39, 0.29) is 11.7 Å². The largest absolute Gasteiger partial charge is 0.355 e. The summed E-state index contributed by atoms with van der Waals surface area (Å²) < 4.78 is 13.2. The molecule has 2 saturated carbocycles. The van der Waals surface area contributed by atoms with Crippen LogP contribution in [-0.2, 0) is 10.2 Å². The number of benzene rings is 1. The summed E-state index contributed by atoms with van der Waals surface area (Å²) in [5.41, 5.74) is 0.551. The third-order valence-corrected chi connectivity index (χ3v) is 5.56. The molecule has 0 radical (unpaired) electrons. The van der Waals surface area contributed by atoms with Crippen molar-refractivity contribution in [3.8, 4) is 0 Å². The van der Waals surface area contributed by atoms with E-state index in [2.05, 4.69) is 5.32 Å². The van der Waals surface area contributed by atoms with E-state index in [1.54, 1.807) is 12.1 Å². The van der Waals surface area contributed by atoms with E-state index in [1.165, 1.54) is 44.2 Å². The summed E-state index contributed by atoms with van der Waals surface area (Å²) in [7, 11) is 0. The highest BCUT2D eigenvalue weighted by Crippen LogP contribution is 2.41. The van der Waals surface area contributed by atoms with Gasteiger partial charge in [-0.1, -0.05) is 44.2 Å². The second-order valence-electron chi connectivity index (χ2n) is 7.01. The minimum absolute atomic E-state index is 0.155. The Morgan fingerprint density at radius 2 is 1.68 bits per heavy atom. The Bertz CT molecular complexity index is 499. The number of nitrogens with one attached hydrogen (secondary N) is 1. The van der Waals surface area contributed by atoms with Crippen LogP contribution in [-0.4, -0.2) is 12.5 Å². The van der Waals surface area contributed by atoms with Crippen LogP contribution in [0.4, 0.5) is 4.39 Å². The molecule has 0 heterocycles. The Kier molecular flexibility index (Phi) is 4.80. The number of rotatable bonds is 4. The highest BCUT2D eigenvalue weighted by molar-refractivity contribution is 5.88. The standard InChI is InChI=1S/C19H26FNO/c20-17-10-8-16(9-11-17)19(12-4-5-13-19)18(22)21-14-15-6-2-1-3-7-15/h8-11,15H,1-7,12-14H2,(H,21,22). The molecule has 3 rings (SSSR count). The van der Waals surface area contributed by atoms with Crippen molar-refractivity contribution in [3.63, 3.8) is 0 Å². The topological polar surface area (TPSA) is 29.1 Å². The third-order valence-electron chi connectivity index (χ3n) is 5.56. The van der Waals surface area contributed by atoms with Gasteiger partial charge in [-0.15, -0.1) is 0 Å². The normalized spacial score (nSPS) is 21.7. The minimum Gasteiger partial charge on any atom is -0.355 e. The molecule has 0 bridgehead atoms. The maximum atomic E-state index is 13.2. The van der Waals surface area contributed by atoms with E-state index in [4.69, 9.17) is 0 Å². The van der Waals surface area contributed by atoms with Crippen LogP contribution < -0.4 is 5.32 Å². The van der Waals surface area contributed by atoms with Crippen molar-refractivity contribution in [2.45, 2.75) is 63.2 Å². The molecule has 2 nitrogen and oxygen atoms in total. The Balaban J connectivity index is 1.69. The molecular weight excluding hydrogens is 277 g/mol. The van der Waals surface area contributed by atoms with Gasteiger partial charge in [0, 0.05) is 6.54 Å². The molecular formula is C19H26FNO. The molecule has 1 aromatic rings. The molecule has 1 amide bonds. The molecule has 0 unspecified atom stereocenters. The predicted octanol–water partition coefficient (Wildman–Crippen LogP) is 4.33. The Morgan fingerprint density at radius 3 is 2.32 bits per heavy atom. The first kappa shape index (κ1) is 15.5. The minimum atomic E-state index is -0.428. The lowest BCUT2D eigenvalue weighted by atomic mass is 9.77. The van der Waals surface area contributed by atoms with Gasteiger partial charge in [0.05, 0.1) is 5.41 Å². The molecule has 2 fully saturated rings. The summed E-state index contributed by atoms with van der Waals surface area (Å²) in [6.45, 7) is 0.807. The van der Waals surface area contributed by atoms with Crippen molar-refractivity contribution in [1.82, 2.24) is 5.32 Å². The van der Waals surface area contributed by atoms with Gasteiger partial charge >= 0.3 is 0 Å². The Hall–Kier alpha value is -1.38. The van der Waals surface area contributed by atoms with Gasteiger partial charge in [-0.05, 0) is 49.3 Å². The average molecular weight is 303 g/mol. The molecule has 0 atom stereocenters. The highest BCUT2D eigenvalue weighted by Gasteiger charge is 2.42. The number of amides is 1. The monoisotopic (exact) mass is 303 g/mol. The number of hydrogen-bond donors (Lipinski definition) is 1. The van der Waals surface area contributed by atoms with Crippen LogP contribution in [0, 0.1) is 11.7 Å². The number of hydrogen-bond acceptors (Lipinski definition) is 1. The third kappa shape index (κ3) is 3.18. The van der Waals surface area contributed by atoms with Gasteiger partial charge in [-0.3, -0.25) is 4.79 Å². The van der Waals surface area contributed by atoms with Crippen LogP contribution in [0.15, 0.2) is 24.3 Å². The highest BCUT2D eigenvalue weighted by atomic mass is 19.1. The molecule has 22 heavy (non-hydrogen) atoms. The number of halogens is 1. The van der Waals surface area contributed by atoms with Gasteiger partial charge in [0.25, 0.3) is 0 Å². The fraction of sp³-hybridized carbons (Fsp3) is 0.632. The first-order chi connectivity index (χ1) is 10.7. The molecule has 2 aliphatic carbocycles. The molecule has 1 aromatic carbocycles. The number of carbonyl (C=O) groups is 1. The molecule has 1 N–H and O–H groups in total. The fourth-order valence-electron chi connectivity index (χ4n) is 4.19. The molecule has 0 aliphatic heterocycles. The second-order valence-corrected chi connectivity index (χ2v) is 7.01. The first-order valence-corrected chi connectivity index (χ1v) is 8.75. The molecule has 0 spiro atoms. The van der Waals surface area contributed by atoms with Crippen LogP contribution >= 0.6 is 0 Å². The van der Waals surface area contributed by atoms with Crippen LogP contribution in [0.2, 0.25) is 0 Å². The maximum Gasteiger partial charge on any atom is 0.230 e. The smallest absolute Gasteiger partial charge is 0.230 e. The van der Waals surface area contributed by atoms with Crippen LogP contribution in [0.25, 0.3) is 0 Å². The van der Waals surface area contributed by atoms with E-state index >= 15 is 0 Å². The lowest BCUT2D eigenvalue weighted by Gasteiger charge is -2.30. The van der Waals surface area contributed by atoms with Gasteiger partial charge < -0.3 is 5.32 Å². The fourth-order valence-corrected chi connectivity index (χ4v) is 4.19. The van der Waals surface area contributed by atoms with Gasteiger partial charge in [0.15, 0.2) is 0 Å². The van der Waals surface area contributed by atoms with Crippen molar-refractivity contribution >= 4 is 5.91 Å². The van der Waals surface area contributed by atoms with Crippen molar-refractivity contribution in [2.24, 2.45) is 5.92 Å². The van der Waals surface area contributed by atoms with Crippen LogP contribution in [0.3, 0.4) is 0 Å². The Morgan fingerprint density at radius 1 is 1.05 bits per heavy atom.